The quantitative estimate of drug-likeness (QED) is 0.592. The predicted molar refractivity (Wildman–Crippen MR) is 95.5 cm³/mol. The monoisotopic (exact) mass is 415 g/mol. The van der Waals surface area contributed by atoms with Crippen molar-refractivity contribution in [1.29, 1.82) is 0 Å². The Morgan fingerprint density at radius 3 is 2.36 bits per heavy atom. The Hall–Kier alpha value is -2.46. The van der Waals surface area contributed by atoms with Gasteiger partial charge in [0.2, 0.25) is 10.0 Å². The molecule has 0 aliphatic rings. The van der Waals surface area contributed by atoms with E-state index in [9.17, 15) is 26.0 Å². The van der Waals surface area contributed by atoms with Crippen LogP contribution in [-0.4, -0.2) is 35.2 Å². The smallest absolute Gasteiger partial charge is 0.268 e. The van der Waals surface area contributed by atoms with E-state index in [-0.39, 0.29) is 10.5 Å². The van der Waals surface area contributed by atoms with Crippen molar-refractivity contribution in [3.05, 3.63) is 60.0 Å². The molecule has 0 saturated carbocycles. The summed E-state index contributed by atoms with van der Waals surface area (Å²) in [5.74, 6) is -0.711. The van der Waals surface area contributed by atoms with Gasteiger partial charge in [0.1, 0.15) is 11.9 Å². The maximum atomic E-state index is 13.8. The predicted octanol–water partition coefficient (Wildman–Crippen LogP) is 4.03. The molecule has 0 saturated heterocycles. The van der Waals surface area contributed by atoms with Gasteiger partial charge < -0.3 is 0 Å². The van der Waals surface area contributed by atoms with Crippen LogP contribution in [0.15, 0.2) is 53.6 Å². The zero-order valence-electron chi connectivity index (χ0n) is 15.0. The molecule has 3 aromatic rings. The summed E-state index contributed by atoms with van der Waals surface area (Å²) in [6, 6.07) is 5.21. The number of sulfonamides is 1. The maximum absolute atomic E-state index is 13.8. The van der Waals surface area contributed by atoms with E-state index in [1.807, 2.05) is 0 Å². The van der Waals surface area contributed by atoms with Gasteiger partial charge in [-0.2, -0.15) is 22.6 Å². The first-order valence-corrected chi connectivity index (χ1v) is 9.75. The third kappa shape index (κ3) is 3.61. The van der Waals surface area contributed by atoms with Crippen molar-refractivity contribution in [2.24, 2.45) is 7.05 Å². The summed E-state index contributed by atoms with van der Waals surface area (Å²) in [7, 11) is -2.89. The molecule has 0 fully saturated rings. The van der Waals surface area contributed by atoms with Gasteiger partial charge in [-0.3, -0.25) is 4.68 Å². The van der Waals surface area contributed by atoms with E-state index in [0.29, 0.717) is 15.2 Å². The first kappa shape index (κ1) is 20.3. The van der Waals surface area contributed by atoms with E-state index < -0.39 is 34.6 Å². The molecule has 1 heterocycles. The van der Waals surface area contributed by atoms with Crippen LogP contribution in [0, 0.1) is 5.82 Å². The minimum atomic E-state index is -4.89. The molecule has 150 valence electrons. The highest BCUT2D eigenvalue weighted by atomic mass is 32.2. The van der Waals surface area contributed by atoms with Gasteiger partial charge in [0.15, 0.2) is 0 Å². The minimum absolute atomic E-state index is 0.276. The Labute approximate surface area is 159 Å². The highest BCUT2D eigenvalue weighted by molar-refractivity contribution is 7.89. The Bertz CT molecular complexity index is 1090. The van der Waals surface area contributed by atoms with Gasteiger partial charge in [-0.1, -0.05) is 19.1 Å². The molecule has 5 nitrogen and oxygen atoms in total. The van der Waals surface area contributed by atoms with Crippen LogP contribution in [0.3, 0.4) is 0 Å². The fourth-order valence-corrected chi connectivity index (χ4v) is 4.70. The normalized spacial score (nSPS) is 14.0. The molecule has 0 amide bonds. The second-order valence-corrected chi connectivity index (χ2v) is 8.08. The number of nitrogens with zero attached hydrogens (tertiary/aromatic N) is 3. The Kier molecular flexibility index (Phi) is 5.20. The third-order valence-corrected chi connectivity index (χ3v) is 6.36. The number of benzene rings is 2. The molecule has 0 radical (unpaired) electrons. The molecule has 0 aliphatic heterocycles. The first-order valence-electron chi connectivity index (χ1n) is 8.31. The van der Waals surface area contributed by atoms with Crippen LogP contribution in [0.4, 0.5) is 17.6 Å². The van der Waals surface area contributed by atoms with Crippen molar-refractivity contribution in [3.8, 4) is 0 Å². The number of alkyl halides is 3. The lowest BCUT2D eigenvalue weighted by Gasteiger charge is -2.31. The van der Waals surface area contributed by atoms with Crippen molar-refractivity contribution in [2.75, 3.05) is 6.54 Å². The fourth-order valence-electron chi connectivity index (χ4n) is 3.07. The number of halogens is 4. The zero-order chi connectivity index (χ0) is 20.7. The average molecular weight is 415 g/mol. The summed E-state index contributed by atoms with van der Waals surface area (Å²) in [4.78, 5) is -0.276. The fraction of sp³-hybridized carbons (Fsp3) is 0.278. The molecule has 0 unspecified atom stereocenters. The van der Waals surface area contributed by atoms with Crippen LogP contribution in [0.5, 0.6) is 0 Å². The summed E-state index contributed by atoms with van der Waals surface area (Å²) in [6.45, 7) is 0.899. The van der Waals surface area contributed by atoms with Crippen molar-refractivity contribution >= 4 is 20.9 Å². The Morgan fingerprint density at radius 2 is 1.79 bits per heavy atom. The van der Waals surface area contributed by atoms with Gasteiger partial charge in [0.05, 0.1) is 16.6 Å². The van der Waals surface area contributed by atoms with Crippen LogP contribution in [0.2, 0.25) is 0 Å². The van der Waals surface area contributed by atoms with Crippen molar-refractivity contribution in [3.63, 3.8) is 0 Å². The highest BCUT2D eigenvalue weighted by Gasteiger charge is 2.48. The van der Waals surface area contributed by atoms with Gasteiger partial charge >= 0.3 is 6.18 Å². The van der Waals surface area contributed by atoms with E-state index in [1.54, 1.807) is 7.05 Å². The van der Waals surface area contributed by atoms with Crippen LogP contribution < -0.4 is 0 Å². The van der Waals surface area contributed by atoms with Crippen LogP contribution >= 0.6 is 0 Å². The Balaban J connectivity index is 2.13. The largest absolute Gasteiger partial charge is 0.409 e. The first-order chi connectivity index (χ1) is 13.1. The molecular formula is C18H17F4N3O2S. The second kappa shape index (κ2) is 7.17. The molecule has 10 heteroatoms. The van der Waals surface area contributed by atoms with Crippen LogP contribution in [0.1, 0.15) is 18.5 Å². The summed E-state index contributed by atoms with van der Waals surface area (Å²) >= 11 is 0. The molecule has 1 aromatic heterocycles. The molecule has 0 aliphatic carbocycles. The van der Waals surface area contributed by atoms with Crippen molar-refractivity contribution in [1.82, 2.24) is 14.1 Å². The average Bonchev–Trinajstić information content (AvgIpc) is 3.00. The zero-order valence-corrected chi connectivity index (χ0v) is 15.8. The summed E-state index contributed by atoms with van der Waals surface area (Å²) in [5.41, 5.74) is 0.114. The van der Waals surface area contributed by atoms with Crippen LogP contribution in [-0.2, 0) is 17.1 Å². The van der Waals surface area contributed by atoms with E-state index in [4.69, 9.17) is 0 Å². The number of aryl methyl sites for hydroxylation is 1. The summed E-state index contributed by atoms with van der Waals surface area (Å²) in [5, 5.41) is 4.67. The summed E-state index contributed by atoms with van der Waals surface area (Å²) in [6.07, 6.45) is -3.36. The molecule has 0 spiro atoms. The lowest BCUT2D eigenvalue weighted by atomic mass is 10.1. The number of hydrogen-bond donors (Lipinski definition) is 0. The second-order valence-electron chi connectivity index (χ2n) is 6.19. The molecule has 0 N–H and O–H groups in total. The van der Waals surface area contributed by atoms with Gasteiger partial charge in [-0.05, 0) is 35.9 Å². The van der Waals surface area contributed by atoms with E-state index in [0.717, 1.165) is 24.3 Å². The lowest BCUT2D eigenvalue weighted by molar-refractivity contribution is -0.173. The molecule has 1 atom stereocenters. The van der Waals surface area contributed by atoms with Crippen LogP contribution in [0.25, 0.3) is 10.9 Å². The topological polar surface area (TPSA) is 55.2 Å². The standard InChI is InChI=1S/C18H17F4N3O2S/c1-3-25(17(18(20,21)22)12-4-7-14(19)8-5-12)28(26,27)15-9-6-13-11-23-24(2)16(13)10-15/h4-11,17H,3H2,1-2H3/t17-/m1/s1. The molecule has 28 heavy (non-hydrogen) atoms. The number of aromatic nitrogens is 2. The molecular weight excluding hydrogens is 398 g/mol. The SMILES string of the molecule is CCN([C@H](c1ccc(F)cc1)C(F)(F)F)S(=O)(=O)c1ccc2cnn(C)c2c1. The van der Waals surface area contributed by atoms with E-state index >= 15 is 0 Å². The number of fused-ring (bicyclic) bond motifs is 1. The molecule has 3 rings (SSSR count). The third-order valence-electron chi connectivity index (χ3n) is 4.42. The maximum Gasteiger partial charge on any atom is 0.409 e. The minimum Gasteiger partial charge on any atom is -0.268 e. The molecule has 0 bridgehead atoms. The Morgan fingerprint density at radius 1 is 1.14 bits per heavy atom. The van der Waals surface area contributed by atoms with Gasteiger partial charge in [-0.25, -0.2) is 12.8 Å². The molecule has 2 aromatic carbocycles. The van der Waals surface area contributed by atoms with Crippen molar-refractivity contribution < 1.29 is 26.0 Å². The highest BCUT2D eigenvalue weighted by Crippen LogP contribution is 2.40. The van der Waals surface area contributed by atoms with Gasteiger partial charge in [0, 0.05) is 19.0 Å². The number of hydrogen-bond acceptors (Lipinski definition) is 3. The van der Waals surface area contributed by atoms with E-state index in [2.05, 4.69) is 5.10 Å². The van der Waals surface area contributed by atoms with Gasteiger partial charge in [-0.15, -0.1) is 0 Å². The number of rotatable bonds is 5. The van der Waals surface area contributed by atoms with Gasteiger partial charge in [0.25, 0.3) is 0 Å². The lowest BCUT2D eigenvalue weighted by Crippen LogP contribution is -2.42. The summed E-state index contributed by atoms with van der Waals surface area (Å²) < 4.78 is 82.7. The van der Waals surface area contributed by atoms with E-state index in [1.165, 1.54) is 36.0 Å². The van der Waals surface area contributed by atoms with Crippen molar-refractivity contribution in [2.45, 2.75) is 24.0 Å².